The minimum atomic E-state index is -1.04. The summed E-state index contributed by atoms with van der Waals surface area (Å²) < 4.78 is 16.5. The first-order chi connectivity index (χ1) is 16.3. The van der Waals surface area contributed by atoms with Crippen LogP contribution in [-0.4, -0.2) is 33.9 Å². The molecule has 0 aliphatic carbocycles. The van der Waals surface area contributed by atoms with Crippen LogP contribution in [0, 0.1) is 6.92 Å². The lowest BCUT2D eigenvalue weighted by Gasteiger charge is -2.14. The van der Waals surface area contributed by atoms with E-state index < -0.39 is 17.1 Å². The molecule has 1 aromatic heterocycles. The molecule has 0 atom stereocenters. The number of benzene rings is 2. The number of halogens is 1. The fraction of sp³-hybridized carbons (Fsp3) is 0.125. The molecule has 1 N–H and O–H groups in total. The number of aryl methyl sites for hydroxylation is 1. The number of carboxylic acid groups (broad SMARTS) is 1. The number of imide groups is 1. The van der Waals surface area contributed by atoms with Crippen molar-refractivity contribution in [2.24, 2.45) is 0 Å². The summed E-state index contributed by atoms with van der Waals surface area (Å²) in [7, 11) is 0. The second kappa shape index (κ2) is 8.58. The Balaban J connectivity index is 1.38. The minimum Gasteiger partial charge on any atom is -0.478 e. The Morgan fingerprint density at radius 2 is 1.91 bits per heavy atom. The monoisotopic (exact) mass is 497 g/mol. The van der Waals surface area contributed by atoms with Gasteiger partial charge < -0.3 is 19.0 Å². The molecular formula is C24H16ClNO7S. The van der Waals surface area contributed by atoms with Crippen molar-refractivity contribution in [3.8, 4) is 22.8 Å². The number of furan rings is 1. The molecule has 2 aliphatic heterocycles. The van der Waals surface area contributed by atoms with E-state index in [0.717, 1.165) is 22.2 Å². The Labute approximate surface area is 202 Å². The van der Waals surface area contributed by atoms with Gasteiger partial charge in [-0.25, -0.2) is 4.79 Å². The second-order valence-electron chi connectivity index (χ2n) is 7.60. The van der Waals surface area contributed by atoms with Crippen molar-refractivity contribution in [1.29, 1.82) is 0 Å². The highest BCUT2D eigenvalue weighted by Crippen LogP contribution is 2.39. The molecule has 5 rings (SSSR count). The number of carbonyl (C=O) groups is 3. The maximum atomic E-state index is 12.9. The molecule has 2 aliphatic rings. The van der Waals surface area contributed by atoms with Crippen LogP contribution >= 0.6 is 23.4 Å². The number of rotatable bonds is 5. The lowest BCUT2D eigenvalue weighted by molar-refractivity contribution is -0.123. The number of carbonyl (C=O) groups excluding carboxylic acids is 2. The lowest BCUT2D eigenvalue weighted by atomic mass is 10.0. The van der Waals surface area contributed by atoms with Crippen molar-refractivity contribution in [3.05, 3.63) is 74.8 Å². The Bertz CT molecular complexity index is 1390. The first-order valence-electron chi connectivity index (χ1n) is 10.1. The lowest BCUT2D eigenvalue weighted by Crippen LogP contribution is -2.27. The zero-order valence-corrected chi connectivity index (χ0v) is 19.2. The maximum Gasteiger partial charge on any atom is 0.335 e. The molecule has 0 spiro atoms. The van der Waals surface area contributed by atoms with Crippen molar-refractivity contribution in [3.63, 3.8) is 0 Å². The average molecular weight is 498 g/mol. The normalized spacial score (nSPS) is 16.1. The fourth-order valence-electron chi connectivity index (χ4n) is 3.61. The number of amides is 2. The van der Waals surface area contributed by atoms with Gasteiger partial charge in [-0.2, -0.15) is 0 Å². The van der Waals surface area contributed by atoms with Crippen molar-refractivity contribution in [2.45, 2.75) is 13.5 Å². The molecule has 0 unspecified atom stereocenters. The van der Waals surface area contributed by atoms with Gasteiger partial charge in [-0.3, -0.25) is 14.5 Å². The van der Waals surface area contributed by atoms with Gasteiger partial charge in [0.1, 0.15) is 11.5 Å². The van der Waals surface area contributed by atoms with Gasteiger partial charge in [0.05, 0.1) is 17.0 Å². The summed E-state index contributed by atoms with van der Waals surface area (Å²) in [4.78, 5) is 38.1. The fourth-order valence-corrected chi connectivity index (χ4v) is 4.64. The molecule has 2 amide bonds. The molecule has 0 bridgehead atoms. The topological polar surface area (TPSA) is 106 Å². The van der Waals surface area contributed by atoms with E-state index in [9.17, 15) is 19.5 Å². The van der Waals surface area contributed by atoms with Crippen LogP contribution in [0.5, 0.6) is 11.5 Å². The van der Waals surface area contributed by atoms with Gasteiger partial charge in [0.15, 0.2) is 11.5 Å². The third-order valence-electron chi connectivity index (χ3n) is 5.39. The Kier molecular flexibility index (Phi) is 5.59. The van der Waals surface area contributed by atoms with Gasteiger partial charge in [-0.15, -0.1) is 0 Å². The molecule has 172 valence electrons. The van der Waals surface area contributed by atoms with Gasteiger partial charge >= 0.3 is 5.97 Å². The number of hydrogen-bond acceptors (Lipinski definition) is 7. The predicted octanol–water partition coefficient (Wildman–Crippen LogP) is 5.57. The third kappa shape index (κ3) is 4.04. The molecule has 0 radical (unpaired) electrons. The van der Waals surface area contributed by atoms with Crippen LogP contribution < -0.4 is 9.47 Å². The highest BCUT2D eigenvalue weighted by atomic mass is 35.5. The van der Waals surface area contributed by atoms with Crippen LogP contribution in [0.15, 0.2) is 51.8 Å². The molecule has 3 heterocycles. The first-order valence-corrected chi connectivity index (χ1v) is 11.3. The predicted molar refractivity (Wildman–Crippen MR) is 125 cm³/mol. The van der Waals surface area contributed by atoms with Crippen LogP contribution in [0.2, 0.25) is 5.02 Å². The number of nitrogens with zero attached hydrogens (tertiary/aromatic N) is 1. The number of hydrogen-bond donors (Lipinski definition) is 1. The number of ether oxygens (including phenoxy) is 2. The number of fused-ring (bicyclic) bond motifs is 1. The van der Waals surface area contributed by atoms with Crippen LogP contribution in [-0.2, 0) is 11.3 Å². The van der Waals surface area contributed by atoms with Crippen LogP contribution in [0.4, 0.5) is 4.79 Å². The zero-order valence-electron chi connectivity index (χ0n) is 17.7. The molecule has 34 heavy (non-hydrogen) atoms. The zero-order chi connectivity index (χ0) is 24.0. The molecule has 1 saturated heterocycles. The van der Waals surface area contributed by atoms with E-state index in [4.69, 9.17) is 25.5 Å². The van der Waals surface area contributed by atoms with Crippen LogP contribution in [0.1, 0.15) is 27.2 Å². The quantitative estimate of drug-likeness (QED) is 0.456. The molecule has 0 saturated carbocycles. The Hall–Kier alpha value is -3.69. The number of thioether (sulfide) groups is 1. The van der Waals surface area contributed by atoms with E-state index in [1.807, 2.05) is 6.92 Å². The highest BCUT2D eigenvalue weighted by Gasteiger charge is 2.36. The van der Waals surface area contributed by atoms with Gasteiger partial charge in [0, 0.05) is 22.7 Å². The van der Waals surface area contributed by atoms with E-state index in [2.05, 4.69) is 0 Å². The van der Waals surface area contributed by atoms with Gasteiger partial charge in [-0.1, -0.05) is 17.7 Å². The summed E-state index contributed by atoms with van der Waals surface area (Å²) in [6, 6.07) is 11.4. The maximum absolute atomic E-state index is 12.9. The van der Waals surface area contributed by atoms with Gasteiger partial charge in [-0.05, 0) is 60.1 Å². The van der Waals surface area contributed by atoms with E-state index >= 15 is 0 Å². The number of carboxylic acids is 1. The summed E-state index contributed by atoms with van der Waals surface area (Å²) in [5, 5.41) is 9.19. The molecule has 2 aromatic carbocycles. The highest BCUT2D eigenvalue weighted by molar-refractivity contribution is 8.18. The van der Waals surface area contributed by atoms with Gasteiger partial charge in [0.25, 0.3) is 11.1 Å². The molecule has 8 nitrogen and oxygen atoms in total. The van der Waals surface area contributed by atoms with Crippen molar-refractivity contribution < 1.29 is 33.4 Å². The Morgan fingerprint density at radius 3 is 2.68 bits per heavy atom. The Morgan fingerprint density at radius 1 is 1.15 bits per heavy atom. The average Bonchev–Trinajstić information content (AvgIpc) is 3.51. The standard InChI is InChI=1S/C24H16ClNO7S/c1-12-2-3-13(23(28)29)6-16(12)18-5-4-15(33-18)8-21-22(27)26(24(30)34-21)10-14-7-19-20(9-17(14)25)32-11-31-19/h2-9H,10-11H2,1H3,(H,28,29)/b21-8+. The summed E-state index contributed by atoms with van der Waals surface area (Å²) in [6.45, 7) is 1.92. The van der Waals surface area contributed by atoms with Crippen LogP contribution in [0.3, 0.4) is 0 Å². The summed E-state index contributed by atoms with van der Waals surface area (Å²) in [6.07, 6.45) is 1.49. The van der Waals surface area contributed by atoms with Crippen molar-refractivity contribution in [2.75, 3.05) is 6.79 Å². The van der Waals surface area contributed by atoms with Gasteiger partial charge in [0.2, 0.25) is 6.79 Å². The molecule has 3 aromatic rings. The van der Waals surface area contributed by atoms with E-state index in [1.165, 1.54) is 18.2 Å². The molecular weight excluding hydrogens is 482 g/mol. The number of aromatic carboxylic acids is 1. The van der Waals surface area contributed by atoms with E-state index in [0.29, 0.717) is 39.2 Å². The van der Waals surface area contributed by atoms with E-state index in [1.54, 1.807) is 30.3 Å². The summed E-state index contributed by atoms with van der Waals surface area (Å²) in [5.41, 5.74) is 2.17. The van der Waals surface area contributed by atoms with Crippen LogP contribution in [0.25, 0.3) is 17.4 Å². The minimum absolute atomic E-state index is 0.0118. The molecule has 1 fully saturated rings. The van der Waals surface area contributed by atoms with Crippen molar-refractivity contribution in [1.82, 2.24) is 4.90 Å². The van der Waals surface area contributed by atoms with E-state index in [-0.39, 0.29) is 23.8 Å². The summed E-state index contributed by atoms with van der Waals surface area (Å²) >= 11 is 7.10. The molecule has 10 heteroatoms. The first kappa shape index (κ1) is 22.1. The van der Waals surface area contributed by atoms with Crippen molar-refractivity contribution >= 4 is 46.6 Å². The smallest absolute Gasteiger partial charge is 0.335 e. The third-order valence-corrected chi connectivity index (χ3v) is 6.65. The largest absolute Gasteiger partial charge is 0.478 e. The summed E-state index contributed by atoms with van der Waals surface area (Å²) in [5.74, 6) is 0.336. The SMILES string of the molecule is Cc1ccc(C(=O)O)cc1-c1ccc(/C=C2/SC(=O)N(Cc3cc4c(cc3Cl)OCO4)C2=O)o1. The second-order valence-corrected chi connectivity index (χ2v) is 9.00.